The van der Waals surface area contributed by atoms with Crippen molar-refractivity contribution in [2.45, 2.75) is 43.9 Å². The van der Waals surface area contributed by atoms with Crippen molar-refractivity contribution < 1.29 is 13.9 Å². The molecule has 0 radical (unpaired) electrons. The van der Waals surface area contributed by atoms with Gasteiger partial charge in [-0.3, -0.25) is 0 Å². The summed E-state index contributed by atoms with van der Waals surface area (Å²) in [5, 5.41) is 7.30. The lowest BCUT2D eigenvalue weighted by molar-refractivity contribution is 0.133. The van der Waals surface area contributed by atoms with Crippen LogP contribution >= 0.6 is 23.2 Å². The molecule has 0 unspecified atom stereocenters. The van der Waals surface area contributed by atoms with E-state index in [2.05, 4.69) is 20.6 Å². The van der Waals surface area contributed by atoms with Crippen LogP contribution in [0.1, 0.15) is 25.7 Å². The minimum atomic E-state index is -0.643. The molecule has 0 saturated carbocycles. The Kier molecular flexibility index (Phi) is 5.50. The van der Waals surface area contributed by atoms with Gasteiger partial charge in [-0.1, -0.05) is 23.2 Å². The van der Waals surface area contributed by atoms with E-state index >= 15 is 0 Å². The Hall–Kier alpha value is -2.35. The zero-order valence-electron chi connectivity index (χ0n) is 16.8. The van der Waals surface area contributed by atoms with Gasteiger partial charge in [-0.2, -0.15) is 0 Å². The molecule has 3 atom stereocenters. The summed E-state index contributed by atoms with van der Waals surface area (Å²) in [7, 11) is 1.60. The molecule has 9 heteroatoms. The molecule has 2 fully saturated rings. The summed E-state index contributed by atoms with van der Waals surface area (Å²) in [6.45, 7) is 0. The number of fused-ring (bicyclic) bond motifs is 3. The maximum atomic E-state index is 14.6. The van der Waals surface area contributed by atoms with Gasteiger partial charge in [0.05, 0.1) is 28.4 Å². The van der Waals surface area contributed by atoms with Crippen LogP contribution in [-0.4, -0.2) is 35.3 Å². The fourth-order valence-corrected chi connectivity index (χ4v) is 4.76. The van der Waals surface area contributed by atoms with E-state index in [4.69, 9.17) is 32.7 Å². The van der Waals surface area contributed by atoms with Crippen molar-refractivity contribution in [1.82, 2.24) is 15.3 Å². The molecule has 0 spiro atoms. The Balaban J connectivity index is 1.50. The van der Waals surface area contributed by atoms with Crippen LogP contribution in [0.5, 0.6) is 11.5 Å². The average Bonchev–Trinajstić information content (AvgIpc) is 3.12. The highest BCUT2D eigenvalue weighted by Gasteiger charge is 2.35. The zero-order valence-corrected chi connectivity index (χ0v) is 18.3. The van der Waals surface area contributed by atoms with E-state index in [-0.39, 0.29) is 21.8 Å². The molecule has 6 nitrogen and oxygen atoms in total. The second kappa shape index (κ2) is 8.30. The van der Waals surface area contributed by atoms with E-state index in [0.717, 1.165) is 12.8 Å². The van der Waals surface area contributed by atoms with Gasteiger partial charge in [0.1, 0.15) is 18.2 Å². The number of methoxy groups -OCH3 is 1. The lowest BCUT2D eigenvalue weighted by Crippen LogP contribution is -2.42. The number of hydrogen-bond donors (Lipinski definition) is 2. The molecule has 2 aliphatic rings. The Morgan fingerprint density at radius 3 is 2.61 bits per heavy atom. The number of benzene rings is 2. The second-order valence-electron chi connectivity index (χ2n) is 7.94. The van der Waals surface area contributed by atoms with Gasteiger partial charge < -0.3 is 20.1 Å². The summed E-state index contributed by atoms with van der Waals surface area (Å²) < 4.78 is 26.5. The highest BCUT2D eigenvalue weighted by molar-refractivity contribution is 6.42. The summed E-state index contributed by atoms with van der Waals surface area (Å²) in [6, 6.07) is 7.71. The molecule has 2 N–H and O–H groups in total. The molecule has 2 bridgehead atoms. The molecule has 162 valence electrons. The highest BCUT2D eigenvalue weighted by Crippen LogP contribution is 2.38. The lowest BCUT2D eigenvalue weighted by Gasteiger charge is -2.30. The van der Waals surface area contributed by atoms with Gasteiger partial charge >= 0.3 is 0 Å². The van der Waals surface area contributed by atoms with E-state index in [1.165, 1.54) is 31.3 Å². The molecular weight excluding hydrogens is 442 g/mol. The van der Waals surface area contributed by atoms with Crippen molar-refractivity contribution in [3.63, 3.8) is 0 Å². The minimum Gasteiger partial charge on any atom is -0.493 e. The van der Waals surface area contributed by atoms with E-state index in [1.54, 1.807) is 13.2 Å². The van der Waals surface area contributed by atoms with Crippen LogP contribution in [0.2, 0.25) is 10.0 Å². The van der Waals surface area contributed by atoms with E-state index in [0.29, 0.717) is 40.3 Å². The molecule has 5 rings (SSSR count). The molecule has 2 aromatic carbocycles. The second-order valence-corrected chi connectivity index (χ2v) is 8.72. The summed E-state index contributed by atoms with van der Waals surface area (Å²) in [4.78, 5) is 8.63. The van der Waals surface area contributed by atoms with Gasteiger partial charge in [-0.15, -0.1) is 0 Å². The average molecular weight is 463 g/mol. The van der Waals surface area contributed by atoms with Crippen molar-refractivity contribution in [2.75, 3.05) is 12.4 Å². The smallest absolute Gasteiger partial charge is 0.166 e. The molecule has 3 heterocycles. The SMILES string of the molecule is COc1cc2ncnc(Nc3ccc(Cl)c(Cl)c3F)c2cc1O[C@H]1C[C@H]2CC[C@@H](C1)N2. The molecule has 0 aliphatic carbocycles. The van der Waals surface area contributed by atoms with E-state index < -0.39 is 5.82 Å². The molecular formula is C22H21Cl2FN4O2. The molecule has 3 aromatic rings. The number of halogens is 3. The van der Waals surface area contributed by atoms with Crippen molar-refractivity contribution in [3.8, 4) is 11.5 Å². The van der Waals surface area contributed by atoms with Gasteiger partial charge in [0.15, 0.2) is 17.3 Å². The minimum absolute atomic E-state index is 0.110. The molecule has 0 amide bonds. The number of aromatic nitrogens is 2. The van der Waals surface area contributed by atoms with Gasteiger partial charge in [-0.25, -0.2) is 14.4 Å². The fraction of sp³-hybridized carbons (Fsp3) is 0.364. The first-order valence-electron chi connectivity index (χ1n) is 10.2. The Morgan fingerprint density at radius 1 is 1.10 bits per heavy atom. The molecule has 2 aliphatic heterocycles. The van der Waals surface area contributed by atoms with E-state index in [1.807, 2.05) is 6.07 Å². The first-order chi connectivity index (χ1) is 15.0. The van der Waals surface area contributed by atoms with Crippen LogP contribution in [0.15, 0.2) is 30.6 Å². The monoisotopic (exact) mass is 462 g/mol. The topological polar surface area (TPSA) is 68.3 Å². The number of nitrogens with zero attached hydrogens (tertiary/aromatic N) is 2. The van der Waals surface area contributed by atoms with Crippen LogP contribution in [0.25, 0.3) is 10.9 Å². The highest BCUT2D eigenvalue weighted by atomic mass is 35.5. The third-order valence-electron chi connectivity index (χ3n) is 5.93. The molecule has 1 aromatic heterocycles. The number of rotatable bonds is 5. The van der Waals surface area contributed by atoms with Crippen LogP contribution in [-0.2, 0) is 0 Å². The standard InChI is InChI=1S/C22H21Cl2FN4O2/c1-30-18-9-17-14(8-19(18)31-13-6-11-2-3-12(7-13)28-11)22(27-10-26-17)29-16-5-4-15(23)20(24)21(16)25/h4-5,8-13,28H,2-3,6-7H2,1H3,(H,26,27,29)/t11-,12+,13+. The first-order valence-corrected chi connectivity index (χ1v) is 10.9. The van der Waals surface area contributed by atoms with Gasteiger partial charge in [0, 0.05) is 23.5 Å². The summed E-state index contributed by atoms with van der Waals surface area (Å²) >= 11 is 11.8. The maximum absolute atomic E-state index is 14.6. The van der Waals surface area contributed by atoms with Crippen LogP contribution in [0.4, 0.5) is 15.9 Å². The third kappa shape index (κ3) is 3.97. The number of anilines is 2. The summed E-state index contributed by atoms with van der Waals surface area (Å²) in [5.74, 6) is 1.01. The zero-order chi connectivity index (χ0) is 21.5. The maximum Gasteiger partial charge on any atom is 0.166 e. The molecule has 2 saturated heterocycles. The van der Waals surface area contributed by atoms with Crippen LogP contribution < -0.4 is 20.1 Å². The summed E-state index contributed by atoms with van der Waals surface area (Å²) in [5.41, 5.74) is 0.815. The van der Waals surface area contributed by atoms with Gasteiger partial charge in [0.25, 0.3) is 0 Å². The molecule has 31 heavy (non-hydrogen) atoms. The van der Waals surface area contributed by atoms with E-state index in [9.17, 15) is 4.39 Å². The predicted octanol–water partition coefficient (Wildman–Crippen LogP) is 5.49. The summed E-state index contributed by atoms with van der Waals surface area (Å²) in [6.07, 6.45) is 5.82. The quantitative estimate of drug-likeness (QED) is 0.488. The van der Waals surface area contributed by atoms with Crippen LogP contribution in [0.3, 0.4) is 0 Å². The third-order valence-corrected chi connectivity index (χ3v) is 6.71. The van der Waals surface area contributed by atoms with Crippen molar-refractivity contribution in [1.29, 1.82) is 0 Å². The number of hydrogen-bond acceptors (Lipinski definition) is 6. The Labute approximate surface area is 189 Å². The largest absolute Gasteiger partial charge is 0.493 e. The fourth-order valence-electron chi connectivity index (χ4n) is 4.45. The predicted molar refractivity (Wildman–Crippen MR) is 119 cm³/mol. The van der Waals surface area contributed by atoms with Gasteiger partial charge in [0.2, 0.25) is 0 Å². The first kappa shape index (κ1) is 20.5. The van der Waals surface area contributed by atoms with Crippen molar-refractivity contribution in [3.05, 3.63) is 46.5 Å². The van der Waals surface area contributed by atoms with Gasteiger partial charge in [-0.05, 0) is 43.9 Å². The van der Waals surface area contributed by atoms with Crippen LogP contribution in [0, 0.1) is 5.82 Å². The van der Waals surface area contributed by atoms with Crippen molar-refractivity contribution >= 4 is 45.6 Å². The lowest BCUT2D eigenvalue weighted by atomic mass is 10.0. The number of ether oxygens (including phenoxy) is 2. The number of piperidine rings is 1. The Morgan fingerprint density at radius 2 is 1.87 bits per heavy atom. The van der Waals surface area contributed by atoms with Crippen molar-refractivity contribution in [2.24, 2.45) is 0 Å². The Bertz CT molecular complexity index is 1130. The normalized spacial score (nSPS) is 22.5. The number of nitrogens with one attached hydrogen (secondary N) is 2.